The van der Waals surface area contributed by atoms with Crippen LogP contribution in [0.1, 0.15) is 87.0 Å². The van der Waals surface area contributed by atoms with Gasteiger partial charge in [-0.25, -0.2) is 4.79 Å². The number of hydrogen-bond donors (Lipinski definition) is 3. The topological polar surface area (TPSA) is 177 Å². The Morgan fingerprint density at radius 2 is 1.71 bits per heavy atom. The first kappa shape index (κ1) is 42.3. The van der Waals surface area contributed by atoms with Crippen LogP contribution in [-0.4, -0.2) is 104 Å². The zero-order valence-corrected chi connectivity index (χ0v) is 30.4. The summed E-state index contributed by atoms with van der Waals surface area (Å²) in [5, 5.41) is 5.58. The summed E-state index contributed by atoms with van der Waals surface area (Å²) in [6, 6.07) is -1.52. The first-order valence-corrected chi connectivity index (χ1v) is 17.0. The van der Waals surface area contributed by atoms with E-state index in [9.17, 15) is 28.8 Å². The predicted octanol–water partition coefficient (Wildman–Crippen LogP) is 2.48. The van der Waals surface area contributed by atoms with Crippen molar-refractivity contribution in [2.75, 3.05) is 40.3 Å². The lowest BCUT2D eigenvalue weighted by molar-refractivity contribution is -0.156. The van der Waals surface area contributed by atoms with Crippen LogP contribution in [0.2, 0.25) is 0 Å². The van der Waals surface area contributed by atoms with Crippen LogP contribution in [0.3, 0.4) is 0 Å². The standard InChI is InChI=1S/C35H59N5O8/c1-10-22(3)31-26(7)35(46)48-32(23(4)11-2)24(5)15-14-16-25(6)34(45)47-21-29(42)37-27(17-12-13-18-36)33(44)40(9)20-30(43)39(8)19-28(41)38-31/h11,16,22,24,26-27,31-32H,10,12-15,17-21,36H2,1-9H3,(H,37,42)(H,38,41)/b23-11+,25-16+/t22?,24?,26-,27?,31?,32+/m0/s1. The summed E-state index contributed by atoms with van der Waals surface area (Å²) in [5.41, 5.74) is 6.81. The van der Waals surface area contributed by atoms with Crippen molar-refractivity contribution in [3.63, 3.8) is 0 Å². The molecule has 0 fully saturated rings. The number of nitrogens with zero attached hydrogens (tertiary/aromatic N) is 2. The second-order valence-electron chi connectivity index (χ2n) is 13.0. The fourth-order valence-corrected chi connectivity index (χ4v) is 5.45. The second kappa shape index (κ2) is 21.3. The monoisotopic (exact) mass is 677 g/mol. The molecule has 4 amide bonds. The summed E-state index contributed by atoms with van der Waals surface area (Å²) in [7, 11) is 2.89. The van der Waals surface area contributed by atoms with Crippen LogP contribution >= 0.6 is 0 Å². The molecule has 4 N–H and O–H groups in total. The molecular weight excluding hydrogens is 618 g/mol. The molecule has 1 rings (SSSR count). The SMILES string of the molecule is C/C=C(\C)[C@H]1OC(=O)[C@@H](C)C(C(C)CC)NC(=O)CN(C)C(=O)CN(C)C(=O)C(CCCCN)NC(=O)COC(=O)/C(C)=C/CCC1C. The van der Waals surface area contributed by atoms with E-state index in [2.05, 4.69) is 10.6 Å². The highest BCUT2D eigenvalue weighted by Gasteiger charge is 2.34. The molecule has 48 heavy (non-hydrogen) atoms. The van der Waals surface area contributed by atoms with Crippen LogP contribution in [0.4, 0.5) is 0 Å². The van der Waals surface area contributed by atoms with Gasteiger partial charge in [0.25, 0.3) is 5.91 Å². The number of nitrogens with two attached hydrogens (primary N) is 1. The molecule has 6 atom stereocenters. The van der Waals surface area contributed by atoms with Gasteiger partial charge in [0.05, 0.1) is 19.0 Å². The van der Waals surface area contributed by atoms with Gasteiger partial charge in [0.2, 0.25) is 17.7 Å². The van der Waals surface area contributed by atoms with Crippen molar-refractivity contribution in [2.45, 2.75) is 105 Å². The Bertz CT molecular complexity index is 1190. The minimum absolute atomic E-state index is 0.0715. The van der Waals surface area contributed by atoms with Crippen molar-refractivity contribution < 1.29 is 38.2 Å². The average Bonchev–Trinajstić information content (AvgIpc) is 3.05. The summed E-state index contributed by atoms with van der Waals surface area (Å²) >= 11 is 0. The molecule has 272 valence electrons. The van der Waals surface area contributed by atoms with Crippen LogP contribution in [0.25, 0.3) is 0 Å². The highest BCUT2D eigenvalue weighted by molar-refractivity contribution is 5.93. The maximum atomic E-state index is 13.5. The van der Waals surface area contributed by atoms with Gasteiger partial charge in [-0.3, -0.25) is 24.0 Å². The molecular formula is C35H59N5O8. The normalized spacial score (nSPS) is 27.6. The zero-order chi connectivity index (χ0) is 36.6. The largest absolute Gasteiger partial charge is 0.457 e. The van der Waals surface area contributed by atoms with Gasteiger partial charge in [0, 0.05) is 25.7 Å². The van der Waals surface area contributed by atoms with Crippen molar-refractivity contribution in [1.82, 2.24) is 20.4 Å². The van der Waals surface area contributed by atoms with E-state index < -0.39 is 66.3 Å². The van der Waals surface area contributed by atoms with Crippen molar-refractivity contribution in [2.24, 2.45) is 23.5 Å². The number of rotatable bonds is 7. The number of allylic oxidation sites excluding steroid dienone is 2. The molecule has 1 aliphatic rings. The van der Waals surface area contributed by atoms with Crippen LogP contribution in [0, 0.1) is 17.8 Å². The Kier molecular flexibility index (Phi) is 18.7. The summed E-state index contributed by atoms with van der Waals surface area (Å²) in [4.78, 5) is 80.9. The lowest BCUT2D eigenvalue weighted by Crippen LogP contribution is -2.52. The highest BCUT2D eigenvalue weighted by atomic mass is 16.5. The van der Waals surface area contributed by atoms with Crippen molar-refractivity contribution in [3.8, 4) is 0 Å². The zero-order valence-electron chi connectivity index (χ0n) is 30.4. The van der Waals surface area contributed by atoms with Gasteiger partial charge in [-0.15, -0.1) is 0 Å². The molecule has 0 saturated heterocycles. The lowest BCUT2D eigenvalue weighted by atomic mass is 9.88. The Hall–Kier alpha value is -3.74. The van der Waals surface area contributed by atoms with Gasteiger partial charge in [0.15, 0.2) is 6.61 Å². The van der Waals surface area contributed by atoms with Crippen LogP contribution in [0.15, 0.2) is 23.3 Å². The molecule has 0 saturated carbocycles. The third kappa shape index (κ3) is 13.8. The molecule has 0 aromatic rings. The molecule has 0 spiro atoms. The first-order chi connectivity index (χ1) is 22.6. The first-order valence-electron chi connectivity index (χ1n) is 17.0. The smallest absolute Gasteiger partial charge is 0.333 e. The number of cyclic esters (lactones) is 2. The number of hydrogen-bond acceptors (Lipinski definition) is 9. The van der Waals surface area contributed by atoms with Crippen molar-refractivity contribution in [1.29, 1.82) is 0 Å². The van der Waals surface area contributed by atoms with E-state index in [4.69, 9.17) is 15.2 Å². The second-order valence-corrected chi connectivity index (χ2v) is 13.0. The molecule has 0 aliphatic carbocycles. The lowest BCUT2D eigenvalue weighted by Gasteiger charge is -2.32. The van der Waals surface area contributed by atoms with Crippen LogP contribution in [0.5, 0.6) is 0 Å². The van der Waals surface area contributed by atoms with Gasteiger partial charge in [-0.05, 0) is 83.8 Å². The Labute approximate surface area is 286 Å². The molecule has 13 nitrogen and oxygen atoms in total. The summed E-state index contributed by atoms with van der Waals surface area (Å²) in [6.07, 6.45) is 6.32. The number of esters is 2. The van der Waals surface area contributed by atoms with E-state index in [1.807, 2.05) is 40.7 Å². The number of ether oxygens (including phenoxy) is 2. The Morgan fingerprint density at radius 1 is 1.04 bits per heavy atom. The molecule has 0 bridgehead atoms. The number of amides is 4. The summed E-state index contributed by atoms with van der Waals surface area (Å²) in [6.45, 7) is 12.2. The van der Waals surface area contributed by atoms with E-state index in [1.54, 1.807) is 19.9 Å². The number of nitrogens with one attached hydrogen (secondary N) is 2. The number of carbonyl (C=O) groups is 6. The van der Waals surface area contributed by atoms with Gasteiger partial charge in [-0.1, -0.05) is 39.3 Å². The Morgan fingerprint density at radius 3 is 2.31 bits per heavy atom. The van der Waals surface area contributed by atoms with Gasteiger partial charge in [-0.2, -0.15) is 0 Å². The highest BCUT2D eigenvalue weighted by Crippen LogP contribution is 2.25. The average molecular weight is 678 g/mol. The fourth-order valence-electron chi connectivity index (χ4n) is 5.45. The molecule has 4 unspecified atom stereocenters. The van der Waals surface area contributed by atoms with Crippen LogP contribution < -0.4 is 16.4 Å². The van der Waals surface area contributed by atoms with E-state index in [0.717, 1.165) is 5.57 Å². The van der Waals surface area contributed by atoms with E-state index >= 15 is 0 Å². The summed E-state index contributed by atoms with van der Waals surface area (Å²) in [5.74, 6) is -4.07. The Balaban J connectivity index is 3.41. The predicted molar refractivity (Wildman–Crippen MR) is 183 cm³/mol. The van der Waals surface area contributed by atoms with Gasteiger partial charge in [0.1, 0.15) is 12.1 Å². The third-order valence-corrected chi connectivity index (χ3v) is 9.02. The maximum Gasteiger partial charge on any atom is 0.333 e. The minimum Gasteiger partial charge on any atom is -0.457 e. The number of likely N-dealkylation sites (N-methyl/N-ethyl adjacent to an activating group) is 2. The van der Waals surface area contributed by atoms with E-state index in [-0.39, 0.29) is 31.3 Å². The van der Waals surface area contributed by atoms with E-state index in [0.29, 0.717) is 44.2 Å². The van der Waals surface area contributed by atoms with E-state index in [1.165, 1.54) is 23.9 Å². The molecule has 13 heteroatoms. The summed E-state index contributed by atoms with van der Waals surface area (Å²) < 4.78 is 11.3. The van der Waals surface area contributed by atoms with Crippen LogP contribution in [-0.2, 0) is 38.2 Å². The fraction of sp³-hybridized carbons (Fsp3) is 0.714. The third-order valence-electron chi connectivity index (χ3n) is 9.02. The molecule has 1 heterocycles. The van der Waals surface area contributed by atoms with Crippen molar-refractivity contribution >= 4 is 35.6 Å². The van der Waals surface area contributed by atoms with Crippen molar-refractivity contribution in [3.05, 3.63) is 23.3 Å². The van der Waals surface area contributed by atoms with Gasteiger partial charge < -0.3 is 35.6 Å². The maximum absolute atomic E-state index is 13.5. The number of carbonyl (C=O) groups excluding carboxylic acids is 6. The molecule has 0 aromatic carbocycles. The molecule has 0 radical (unpaired) electrons. The quantitative estimate of drug-likeness (QED) is 0.208. The molecule has 0 aromatic heterocycles. The molecule has 1 aliphatic heterocycles. The minimum atomic E-state index is -0.969. The number of unbranched alkanes of at least 4 members (excludes halogenated alkanes) is 1. The van der Waals surface area contributed by atoms with Gasteiger partial charge >= 0.3 is 11.9 Å².